The zero-order chi connectivity index (χ0) is 16.2. The lowest BCUT2D eigenvalue weighted by atomic mass is 10.1. The van der Waals surface area contributed by atoms with E-state index in [4.69, 9.17) is 0 Å². The standard InChI is InChI=1S/C11H11F4N3O3/c1-2-16-8-3-6(9(18(20)21)4-7(8)12)10(19)17-5-11(13,14)15/h3-4,16H,2,5H2,1H3,(H,17,19). The van der Waals surface area contributed by atoms with Crippen molar-refractivity contribution in [2.45, 2.75) is 13.1 Å². The van der Waals surface area contributed by atoms with Gasteiger partial charge in [-0.1, -0.05) is 0 Å². The molecule has 10 heteroatoms. The molecule has 0 fully saturated rings. The minimum atomic E-state index is -4.66. The van der Waals surface area contributed by atoms with Crippen LogP contribution < -0.4 is 10.6 Å². The molecule has 0 aliphatic carbocycles. The van der Waals surface area contributed by atoms with E-state index in [0.717, 1.165) is 6.07 Å². The second-order valence-corrected chi connectivity index (χ2v) is 3.93. The molecule has 116 valence electrons. The number of hydrogen-bond donors (Lipinski definition) is 2. The highest BCUT2D eigenvalue weighted by molar-refractivity contribution is 5.99. The van der Waals surface area contributed by atoms with Gasteiger partial charge in [-0.3, -0.25) is 14.9 Å². The molecular formula is C11H11F4N3O3. The molecule has 0 aliphatic heterocycles. The predicted molar refractivity (Wildman–Crippen MR) is 65.6 cm³/mol. The Morgan fingerprint density at radius 2 is 2.00 bits per heavy atom. The monoisotopic (exact) mass is 309 g/mol. The molecular weight excluding hydrogens is 298 g/mol. The third kappa shape index (κ3) is 4.58. The lowest BCUT2D eigenvalue weighted by Crippen LogP contribution is -2.34. The molecule has 0 aliphatic rings. The van der Waals surface area contributed by atoms with E-state index < -0.39 is 40.6 Å². The predicted octanol–water partition coefficient (Wildman–Crippen LogP) is 2.46. The van der Waals surface area contributed by atoms with E-state index in [9.17, 15) is 32.5 Å². The van der Waals surface area contributed by atoms with Crippen molar-refractivity contribution in [1.29, 1.82) is 0 Å². The number of amides is 1. The molecule has 1 rings (SSSR count). The normalized spacial score (nSPS) is 11.1. The molecule has 1 aromatic rings. The summed E-state index contributed by atoms with van der Waals surface area (Å²) < 4.78 is 49.6. The Hall–Kier alpha value is -2.39. The third-order valence-corrected chi connectivity index (χ3v) is 2.34. The number of halogens is 4. The highest BCUT2D eigenvalue weighted by Gasteiger charge is 2.30. The Kier molecular flexibility index (Phi) is 5.06. The average Bonchev–Trinajstić information content (AvgIpc) is 2.37. The van der Waals surface area contributed by atoms with Gasteiger partial charge in [0.15, 0.2) is 5.82 Å². The van der Waals surface area contributed by atoms with Crippen LogP contribution in [0.1, 0.15) is 17.3 Å². The summed E-state index contributed by atoms with van der Waals surface area (Å²) in [5.41, 5.74) is -1.77. The quantitative estimate of drug-likeness (QED) is 0.497. The molecule has 0 radical (unpaired) electrons. The molecule has 1 amide bonds. The second kappa shape index (κ2) is 6.37. The van der Waals surface area contributed by atoms with Gasteiger partial charge in [0.1, 0.15) is 12.1 Å². The first kappa shape index (κ1) is 16.7. The fourth-order valence-corrected chi connectivity index (χ4v) is 1.50. The van der Waals surface area contributed by atoms with E-state index in [1.807, 2.05) is 0 Å². The Labute approximate surface area is 116 Å². The molecule has 0 heterocycles. The second-order valence-electron chi connectivity index (χ2n) is 3.93. The Balaban J connectivity index is 3.15. The molecule has 0 saturated carbocycles. The van der Waals surface area contributed by atoms with Gasteiger partial charge in [0.2, 0.25) is 0 Å². The van der Waals surface area contributed by atoms with Crippen molar-refractivity contribution in [3.05, 3.63) is 33.6 Å². The summed E-state index contributed by atoms with van der Waals surface area (Å²) in [6, 6.07) is 1.29. The molecule has 0 spiro atoms. The van der Waals surface area contributed by atoms with Gasteiger partial charge in [-0.05, 0) is 13.0 Å². The number of anilines is 1. The van der Waals surface area contributed by atoms with Crippen LogP contribution in [0.25, 0.3) is 0 Å². The van der Waals surface area contributed by atoms with Crippen molar-refractivity contribution >= 4 is 17.3 Å². The van der Waals surface area contributed by atoms with Crippen LogP contribution in [-0.2, 0) is 0 Å². The summed E-state index contributed by atoms with van der Waals surface area (Å²) in [5.74, 6) is -2.28. The molecule has 0 bridgehead atoms. The maximum Gasteiger partial charge on any atom is 0.405 e. The van der Waals surface area contributed by atoms with Crippen LogP contribution in [0.5, 0.6) is 0 Å². The number of carbonyl (C=O) groups excluding carboxylic acids is 1. The Morgan fingerprint density at radius 3 is 2.48 bits per heavy atom. The van der Waals surface area contributed by atoms with Crippen molar-refractivity contribution in [2.75, 3.05) is 18.4 Å². The molecule has 1 aromatic carbocycles. The maximum atomic E-state index is 13.5. The first-order chi connectivity index (χ1) is 9.65. The smallest absolute Gasteiger partial charge is 0.383 e. The molecule has 2 N–H and O–H groups in total. The summed E-state index contributed by atoms with van der Waals surface area (Å²) in [6.45, 7) is 0.236. The van der Waals surface area contributed by atoms with Gasteiger partial charge in [-0.2, -0.15) is 13.2 Å². The lowest BCUT2D eigenvalue weighted by Gasteiger charge is -2.11. The van der Waals surface area contributed by atoms with Gasteiger partial charge in [0, 0.05) is 6.54 Å². The van der Waals surface area contributed by atoms with Crippen molar-refractivity contribution < 1.29 is 27.3 Å². The summed E-state index contributed by atoms with van der Waals surface area (Å²) in [4.78, 5) is 21.3. The van der Waals surface area contributed by atoms with Crippen molar-refractivity contribution in [2.24, 2.45) is 0 Å². The summed E-state index contributed by atoms with van der Waals surface area (Å²) >= 11 is 0. The first-order valence-corrected chi connectivity index (χ1v) is 5.72. The Morgan fingerprint density at radius 1 is 1.38 bits per heavy atom. The van der Waals surface area contributed by atoms with Crippen LogP contribution in [-0.4, -0.2) is 30.1 Å². The number of carbonyl (C=O) groups is 1. The number of nitrogens with zero attached hydrogens (tertiary/aromatic N) is 1. The van der Waals surface area contributed by atoms with Crippen molar-refractivity contribution in [3.8, 4) is 0 Å². The van der Waals surface area contributed by atoms with Gasteiger partial charge in [-0.25, -0.2) is 4.39 Å². The van der Waals surface area contributed by atoms with Crippen LogP contribution >= 0.6 is 0 Å². The van der Waals surface area contributed by atoms with Gasteiger partial charge in [0.05, 0.1) is 16.7 Å². The third-order valence-electron chi connectivity index (χ3n) is 2.34. The highest BCUT2D eigenvalue weighted by atomic mass is 19.4. The SMILES string of the molecule is CCNc1cc(C(=O)NCC(F)(F)F)c([N+](=O)[O-])cc1F. The van der Waals surface area contributed by atoms with Crippen LogP contribution in [0.15, 0.2) is 12.1 Å². The molecule has 0 aromatic heterocycles. The number of alkyl halides is 3. The zero-order valence-corrected chi connectivity index (χ0v) is 10.8. The van der Waals surface area contributed by atoms with Gasteiger partial charge < -0.3 is 10.6 Å². The molecule has 0 atom stereocenters. The number of nitro benzene ring substituents is 1. The fourth-order valence-electron chi connectivity index (χ4n) is 1.50. The van der Waals surface area contributed by atoms with Crippen LogP contribution in [0.3, 0.4) is 0 Å². The van der Waals surface area contributed by atoms with Crippen LogP contribution in [0.4, 0.5) is 28.9 Å². The Bertz CT molecular complexity index is 560. The first-order valence-electron chi connectivity index (χ1n) is 5.72. The summed E-state index contributed by atoms with van der Waals surface area (Å²) in [5, 5.41) is 14.8. The topological polar surface area (TPSA) is 84.3 Å². The van der Waals surface area contributed by atoms with Gasteiger partial charge in [0.25, 0.3) is 11.6 Å². The molecule has 0 unspecified atom stereocenters. The highest BCUT2D eigenvalue weighted by Crippen LogP contribution is 2.26. The largest absolute Gasteiger partial charge is 0.405 e. The van der Waals surface area contributed by atoms with E-state index >= 15 is 0 Å². The number of nitrogens with one attached hydrogen (secondary N) is 2. The van der Waals surface area contributed by atoms with Crippen LogP contribution in [0.2, 0.25) is 0 Å². The van der Waals surface area contributed by atoms with E-state index in [0.29, 0.717) is 6.07 Å². The van der Waals surface area contributed by atoms with E-state index in [2.05, 4.69) is 5.32 Å². The summed E-state index contributed by atoms with van der Waals surface area (Å²) in [7, 11) is 0. The van der Waals surface area contributed by atoms with E-state index in [-0.39, 0.29) is 12.2 Å². The van der Waals surface area contributed by atoms with Gasteiger partial charge >= 0.3 is 6.18 Å². The number of nitro groups is 1. The average molecular weight is 309 g/mol. The number of rotatable bonds is 5. The lowest BCUT2D eigenvalue weighted by molar-refractivity contribution is -0.385. The van der Waals surface area contributed by atoms with Crippen molar-refractivity contribution in [1.82, 2.24) is 5.32 Å². The zero-order valence-electron chi connectivity index (χ0n) is 10.8. The van der Waals surface area contributed by atoms with Gasteiger partial charge in [-0.15, -0.1) is 0 Å². The minimum absolute atomic E-state index is 0.208. The molecule has 21 heavy (non-hydrogen) atoms. The van der Waals surface area contributed by atoms with Crippen LogP contribution in [0, 0.1) is 15.9 Å². The van der Waals surface area contributed by atoms with E-state index in [1.165, 1.54) is 5.32 Å². The van der Waals surface area contributed by atoms with Crippen molar-refractivity contribution in [3.63, 3.8) is 0 Å². The van der Waals surface area contributed by atoms with E-state index in [1.54, 1.807) is 6.92 Å². The fraction of sp³-hybridized carbons (Fsp3) is 0.364. The minimum Gasteiger partial charge on any atom is -0.383 e. The maximum absolute atomic E-state index is 13.5. The molecule has 0 saturated heterocycles. The number of benzene rings is 1. The molecule has 6 nitrogen and oxygen atoms in total. The summed E-state index contributed by atoms with van der Waals surface area (Å²) in [6.07, 6.45) is -4.66. The number of hydrogen-bond acceptors (Lipinski definition) is 4.